The minimum absolute atomic E-state index is 0.128. The third kappa shape index (κ3) is 3.40. The zero-order chi connectivity index (χ0) is 17.9. The van der Waals surface area contributed by atoms with Crippen molar-refractivity contribution in [1.82, 2.24) is 10.3 Å². The highest BCUT2D eigenvalue weighted by molar-refractivity contribution is 5.90. The fraction of sp³-hybridized carbons (Fsp3) is 0.381. The number of phenols is 1. The number of fused-ring (bicyclic) bond motifs is 1. The van der Waals surface area contributed by atoms with Crippen LogP contribution in [0.25, 0.3) is 0 Å². The number of piperidine rings is 1. The Morgan fingerprint density at radius 1 is 1.23 bits per heavy atom. The van der Waals surface area contributed by atoms with E-state index in [1.165, 1.54) is 11.3 Å². The van der Waals surface area contributed by atoms with Gasteiger partial charge >= 0.3 is 0 Å². The highest BCUT2D eigenvalue weighted by atomic mass is 16.5. The number of hydrazone groups is 1. The molecule has 2 aromatic carbocycles. The van der Waals surface area contributed by atoms with Gasteiger partial charge in [-0.25, -0.2) is 0 Å². The smallest absolute Gasteiger partial charge is 0.161 e. The molecule has 4 rings (SSSR count). The van der Waals surface area contributed by atoms with Gasteiger partial charge in [0.1, 0.15) is 0 Å². The number of aromatic hydroxyl groups is 1. The standard InChI is InChI=1S/C21H25N3O2/c1-2-26-20-12-16(8-9-19(20)25)21-17-14-24(11-10-18(17)22-23-21)13-15-6-4-3-5-7-15/h3-9,12,17,21,23,25H,2,10-11,13-14H2,1H3. The Bertz CT molecular complexity index is 791. The zero-order valence-electron chi connectivity index (χ0n) is 15.1. The molecule has 0 bridgehead atoms. The quantitative estimate of drug-likeness (QED) is 0.868. The van der Waals surface area contributed by atoms with E-state index in [0.717, 1.165) is 31.6 Å². The molecule has 0 saturated carbocycles. The van der Waals surface area contributed by atoms with Gasteiger partial charge in [0.2, 0.25) is 0 Å². The molecule has 5 heteroatoms. The number of benzene rings is 2. The summed E-state index contributed by atoms with van der Waals surface area (Å²) >= 11 is 0. The minimum Gasteiger partial charge on any atom is -0.504 e. The average molecular weight is 351 g/mol. The van der Waals surface area contributed by atoms with E-state index >= 15 is 0 Å². The van der Waals surface area contributed by atoms with E-state index in [1.807, 2.05) is 19.1 Å². The van der Waals surface area contributed by atoms with Crippen LogP contribution in [0.5, 0.6) is 11.5 Å². The van der Waals surface area contributed by atoms with Crippen LogP contribution in [-0.2, 0) is 6.54 Å². The van der Waals surface area contributed by atoms with Crippen LogP contribution in [0.1, 0.15) is 30.5 Å². The van der Waals surface area contributed by atoms with Crippen molar-refractivity contribution < 1.29 is 9.84 Å². The third-order valence-corrected chi connectivity index (χ3v) is 5.21. The maximum atomic E-state index is 9.97. The molecular formula is C21H25N3O2. The van der Waals surface area contributed by atoms with Crippen molar-refractivity contribution in [2.45, 2.75) is 25.9 Å². The van der Waals surface area contributed by atoms with Gasteiger partial charge in [-0.1, -0.05) is 36.4 Å². The highest BCUT2D eigenvalue weighted by Gasteiger charge is 2.37. The lowest BCUT2D eigenvalue weighted by Gasteiger charge is -2.33. The number of likely N-dealkylation sites (tertiary alicyclic amines) is 1. The van der Waals surface area contributed by atoms with Gasteiger partial charge in [0.15, 0.2) is 11.5 Å². The third-order valence-electron chi connectivity index (χ3n) is 5.21. The van der Waals surface area contributed by atoms with Gasteiger partial charge in [-0.15, -0.1) is 0 Å². The second kappa shape index (κ2) is 7.38. The van der Waals surface area contributed by atoms with Crippen LogP contribution in [0.2, 0.25) is 0 Å². The van der Waals surface area contributed by atoms with Gasteiger partial charge in [-0.05, 0) is 30.2 Å². The molecule has 0 radical (unpaired) electrons. The van der Waals surface area contributed by atoms with E-state index in [0.29, 0.717) is 18.3 Å². The molecular weight excluding hydrogens is 326 g/mol. The van der Waals surface area contributed by atoms with Crippen molar-refractivity contribution in [1.29, 1.82) is 0 Å². The van der Waals surface area contributed by atoms with Crippen LogP contribution in [-0.4, -0.2) is 35.4 Å². The molecule has 1 saturated heterocycles. The van der Waals surface area contributed by atoms with Gasteiger partial charge in [0.05, 0.1) is 12.6 Å². The molecule has 5 nitrogen and oxygen atoms in total. The summed E-state index contributed by atoms with van der Waals surface area (Å²) in [7, 11) is 0. The summed E-state index contributed by atoms with van der Waals surface area (Å²) in [6.45, 7) is 5.45. The molecule has 2 N–H and O–H groups in total. The predicted molar refractivity (Wildman–Crippen MR) is 102 cm³/mol. The lowest BCUT2D eigenvalue weighted by molar-refractivity contribution is 0.220. The summed E-state index contributed by atoms with van der Waals surface area (Å²) < 4.78 is 5.55. The summed E-state index contributed by atoms with van der Waals surface area (Å²) in [5, 5.41) is 14.6. The molecule has 0 aliphatic carbocycles. The van der Waals surface area contributed by atoms with E-state index in [2.05, 4.69) is 45.8 Å². The molecule has 0 spiro atoms. The Kier molecular flexibility index (Phi) is 4.80. The molecule has 2 unspecified atom stereocenters. The van der Waals surface area contributed by atoms with E-state index < -0.39 is 0 Å². The SMILES string of the molecule is CCOc1cc(C2NN=C3CCN(Cc4ccccc4)CC32)ccc1O. The van der Waals surface area contributed by atoms with E-state index in [-0.39, 0.29) is 11.8 Å². The normalized spacial score (nSPS) is 22.4. The molecule has 0 aromatic heterocycles. The maximum absolute atomic E-state index is 9.97. The fourth-order valence-corrected chi connectivity index (χ4v) is 3.90. The van der Waals surface area contributed by atoms with Crippen LogP contribution >= 0.6 is 0 Å². The number of rotatable bonds is 5. The lowest BCUT2D eigenvalue weighted by atomic mass is 9.86. The topological polar surface area (TPSA) is 57.1 Å². The molecule has 26 heavy (non-hydrogen) atoms. The first kappa shape index (κ1) is 16.9. The summed E-state index contributed by atoms with van der Waals surface area (Å²) in [6, 6.07) is 16.4. The zero-order valence-corrected chi connectivity index (χ0v) is 15.1. The van der Waals surface area contributed by atoms with Gasteiger partial charge in [-0.2, -0.15) is 5.10 Å². The van der Waals surface area contributed by atoms with E-state index in [4.69, 9.17) is 4.74 Å². The number of hydrogen-bond donors (Lipinski definition) is 2. The Balaban J connectivity index is 1.50. The van der Waals surface area contributed by atoms with E-state index in [9.17, 15) is 5.11 Å². The molecule has 2 aliphatic rings. The summed E-state index contributed by atoms with van der Waals surface area (Å²) in [4.78, 5) is 2.50. The molecule has 2 aliphatic heterocycles. The van der Waals surface area contributed by atoms with Crippen LogP contribution in [0.4, 0.5) is 0 Å². The number of ether oxygens (including phenoxy) is 1. The van der Waals surface area contributed by atoms with Crippen LogP contribution in [0.15, 0.2) is 53.6 Å². The molecule has 0 amide bonds. The minimum atomic E-state index is 0.128. The maximum Gasteiger partial charge on any atom is 0.161 e. The first-order chi connectivity index (χ1) is 12.7. The average Bonchev–Trinajstić information content (AvgIpc) is 3.08. The van der Waals surface area contributed by atoms with Gasteiger partial charge < -0.3 is 15.3 Å². The first-order valence-corrected chi connectivity index (χ1v) is 9.28. The summed E-state index contributed by atoms with van der Waals surface area (Å²) in [5.41, 5.74) is 7.02. The Hall–Kier alpha value is -2.53. The molecule has 2 heterocycles. The number of phenolic OH excluding ortho intramolecular Hbond substituents is 1. The first-order valence-electron chi connectivity index (χ1n) is 9.28. The van der Waals surface area contributed by atoms with Crippen LogP contribution in [0, 0.1) is 5.92 Å². The fourth-order valence-electron chi connectivity index (χ4n) is 3.90. The van der Waals surface area contributed by atoms with Crippen molar-refractivity contribution in [2.24, 2.45) is 11.0 Å². The number of nitrogens with zero attached hydrogens (tertiary/aromatic N) is 2. The molecule has 2 aromatic rings. The summed E-state index contributed by atoms with van der Waals surface area (Å²) in [5.74, 6) is 1.08. The van der Waals surface area contributed by atoms with Gasteiger partial charge in [0.25, 0.3) is 0 Å². The van der Waals surface area contributed by atoms with Gasteiger partial charge in [-0.3, -0.25) is 4.90 Å². The highest BCUT2D eigenvalue weighted by Crippen LogP contribution is 2.36. The molecule has 1 fully saturated rings. The largest absolute Gasteiger partial charge is 0.504 e. The monoisotopic (exact) mass is 351 g/mol. The second-order valence-electron chi connectivity index (χ2n) is 6.95. The molecule has 136 valence electrons. The van der Waals surface area contributed by atoms with Crippen molar-refractivity contribution in [3.8, 4) is 11.5 Å². The Labute approximate surface area is 154 Å². The van der Waals surface area contributed by atoms with E-state index in [1.54, 1.807) is 6.07 Å². The van der Waals surface area contributed by atoms with Crippen molar-refractivity contribution in [2.75, 3.05) is 19.7 Å². The van der Waals surface area contributed by atoms with Crippen molar-refractivity contribution in [3.63, 3.8) is 0 Å². The molecule has 2 atom stereocenters. The second-order valence-corrected chi connectivity index (χ2v) is 6.95. The van der Waals surface area contributed by atoms with Crippen molar-refractivity contribution >= 4 is 5.71 Å². The Morgan fingerprint density at radius 2 is 2.08 bits per heavy atom. The number of hydrogen-bond acceptors (Lipinski definition) is 5. The van der Waals surface area contributed by atoms with Crippen LogP contribution < -0.4 is 10.2 Å². The Morgan fingerprint density at radius 3 is 2.88 bits per heavy atom. The van der Waals surface area contributed by atoms with Gasteiger partial charge in [0, 0.05) is 37.7 Å². The predicted octanol–water partition coefficient (Wildman–Crippen LogP) is 3.31. The van der Waals surface area contributed by atoms with Crippen molar-refractivity contribution in [3.05, 3.63) is 59.7 Å². The van der Waals surface area contributed by atoms with Crippen LogP contribution in [0.3, 0.4) is 0 Å². The lowest BCUT2D eigenvalue weighted by Crippen LogP contribution is -2.41. The summed E-state index contributed by atoms with van der Waals surface area (Å²) in [6.07, 6.45) is 0.997. The number of nitrogens with one attached hydrogen (secondary N) is 1.